The summed E-state index contributed by atoms with van der Waals surface area (Å²) in [6, 6.07) is 0. The molecular weight excluding hydrogens is 573 g/mol. The summed E-state index contributed by atoms with van der Waals surface area (Å²) >= 11 is 8.77. The molecule has 1 rings (SSSR count). The molecule has 0 aromatic heterocycles. The van der Waals surface area contributed by atoms with Crippen molar-refractivity contribution in [2.24, 2.45) is 0 Å². The third kappa shape index (κ3) is 10.2. The molecule has 0 unspecified atom stereocenters. The van der Waals surface area contributed by atoms with E-state index in [9.17, 15) is 0 Å². The Kier molecular flexibility index (Phi) is 11.0. The maximum atomic E-state index is 3.31. The number of hydrogen-bond acceptors (Lipinski definition) is 2. The van der Waals surface area contributed by atoms with E-state index in [1.807, 2.05) is 0 Å². The molecule has 0 N–H and O–H groups in total. The first-order valence-corrected chi connectivity index (χ1v) is 27.1. The third-order valence-electron chi connectivity index (χ3n) is 1.74. The van der Waals surface area contributed by atoms with Gasteiger partial charge in [-0.2, -0.15) is 0 Å². The Balaban J connectivity index is 0.000000364. The molecule has 0 aromatic carbocycles. The van der Waals surface area contributed by atoms with E-state index < -0.39 is 14.7 Å². The average molecular weight is 589 g/mol. The van der Waals surface area contributed by atoms with Gasteiger partial charge in [-0.3, -0.25) is 0 Å². The minimum absolute atomic E-state index is 1.07. The van der Waals surface area contributed by atoms with Crippen LogP contribution < -0.4 is 0 Å². The molecule has 0 aromatic rings. The Labute approximate surface area is 112 Å². The molecular formula is C8H16BiBr3N2. The predicted molar refractivity (Wildman–Crippen MR) is 75.9 cm³/mol. The van der Waals surface area contributed by atoms with Crippen molar-refractivity contribution in [1.29, 1.82) is 0 Å². The summed E-state index contributed by atoms with van der Waals surface area (Å²) in [5, 5.41) is 0. The van der Waals surface area contributed by atoms with Crippen LogP contribution in [0.25, 0.3) is 0 Å². The molecule has 1 aliphatic heterocycles. The van der Waals surface area contributed by atoms with Crippen LogP contribution in [0.1, 0.15) is 19.8 Å². The Morgan fingerprint density at radius 1 is 1.29 bits per heavy atom. The Morgan fingerprint density at radius 3 is 2.21 bits per heavy atom. The van der Waals surface area contributed by atoms with Crippen molar-refractivity contribution in [3.05, 3.63) is 12.4 Å². The fraction of sp³-hybridized carbons (Fsp3) is 0.750. The standard InChI is InChI=1S/C8H16N2.Bi.3BrH/c1-3-4-5-10-7-6-9(2)8-10;;;;/h6-7H,3-5,8H2,1-2H3;;3*1H/q;+3;;;/p-3. The van der Waals surface area contributed by atoms with Crippen molar-refractivity contribution >= 4 is 51.4 Å². The van der Waals surface area contributed by atoms with Crippen LogP contribution in [0.5, 0.6) is 0 Å². The number of unbranched alkanes of at least 4 members (excludes halogenated alkanes) is 1. The molecule has 84 valence electrons. The molecule has 0 amide bonds. The normalized spacial score (nSPS) is 14.7. The minimum atomic E-state index is -1.16. The molecule has 0 bridgehead atoms. The first-order chi connectivity index (χ1) is 6.56. The van der Waals surface area contributed by atoms with E-state index in [0.717, 1.165) is 6.67 Å². The van der Waals surface area contributed by atoms with E-state index in [0.29, 0.717) is 0 Å². The summed E-state index contributed by atoms with van der Waals surface area (Å²) in [7, 11) is 2.10. The summed E-state index contributed by atoms with van der Waals surface area (Å²) in [5.41, 5.74) is 0. The third-order valence-corrected chi connectivity index (χ3v) is 1.74. The van der Waals surface area contributed by atoms with Gasteiger partial charge in [0.2, 0.25) is 0 Å². The SMILES string of the molecule is CCCCN1C=CN(C)C1.[Br][Bi]([Br])[Br]. The summed E-state index contributed by atoms with van der Waals surface area (Å²) in [5.74, 6) is 0. The summed E-state index contributed by atoms with van der Waals surface area (Å²) in [6.45, 7) is 4.50. The van der Waals surface area contributed by atoms with E-state index in [4.69, 9.17) is 0 Å². The van der Waals surface area contributed by atoms with E-state index >= 15 is 0 Å². The predicted octanol–water partition coefficient (Wildman–Crippen LogP) is 3.62. The Morgan fingerprint density at radius 2 is 1.86 bits per heavy atom. The molecule has 14 heavy (non-hydrogen) atoms. The molecule has 1 heterocycles. The molecule has 6 heteroatoms. The molecule has 0 radical (unpaired) electrons. The Hall–Kier alpha value is 1.66. The molecule has 2 nitrogen and oxygen atoms in total. The fourth-order valence-corrected chi connectivity index (χ4v) is 1.10. The number of rotatable bonds is 3. The average Bonchev–Trinajstić information content (AvgIpc) is 2.47. The van der Waals surface area contributed by atoms with Gasteiger partial charge in [0, 0.05) is 26.0 Å². The topological polar surface area (TPSA) is 6.48 Å². The van der Waals surface area contributed by atoms with Gasteiger partial charge in [0.1, 0.15) is 0 Å². The van der Waals surface area contributed by atoms with E-state index in [2.05, 4.69) is 72.8 Å². The quantitative estimate of drug-likeness (QED) is 0.465. The molecule has 0 aliphatic carbocycles. The van der Waals surface area contributed by atoms with Crippen LogP contribution >= 0.6 is 36.7 Å². The second kappa shape index (κ2) is 9.86. The van der Waals surface area contributed by atoms with Crippen LogP contribution in [-0.2, 0) is 0 Å². The van der Waals surface area contributed by atoms with E-state index in [1.165, 1.54) is 19.4 Å². The van der Waals surface area contributed by atoms with Gasteiger partial charge >= 0.3 is 51.4 Å². The second-order valence-corrected chi connectivity index (χ2v) is 48.3. The van der Waals surface area contributed by atoms with Crippen molar-refractivity contribution in [2.75, 3.05) is 20.3 Å². The van der Waals surface area contributed by atoms with Crippen LogP contribution in [0.4, 0.5) is 0 Å². The number of hydrogen-bond donors (Lipinski definition) is 0. The van der Waals surface area contributed by atoms with E-state index in [-0.39, 0.29) is 0 Å². The number of nitrogens with zero attached hydrogens (tertiary/aromatic N) is 2. The molecule has 0 spiro atoms. The monoisotopic (exact) mass is 586 g/mol. The van der Waals surface area contributed by atoms with Crippen LogP contribution in [0.3, 0.4) is 0 Å². The van der Waals surface area contributed by atoms with Crippen LogP contribution in [0, 0.1) is 0 Å². The fourth-order valence-electron chi connectivity index (χ4n) is 1.10. The second-order valence-electron chi connectivity index (χ2n) is 3.05. The van der Waals surface area contributed by atoms with Crippen LogP contribution in [0.2, 0.25) is 0 Å². The van der Waals surface area contributed by atoms with Crippen molar-refractivity contribution < 1.29 is 0 Å². The van der Waals surface area contributed by atoms with Crippen molar-refractivity contribution in [3.63, 3.8) is 0 Å². The van der Waals surface area contributed by atoms with Gasteiger partial charge in [0.05, 0.1) is 6.67 Å². The zero-order valence-corrected chi connectivity index (χ0v) is 16.7. The molecule has 0 saturated heterocycles. The van der Waals surface area contributed by atoms with Gasteiger partial charge in [0.25, 0.3) is 0 Å². The van der Waals surface area contributed by atoms with Gasteiger partial charge in [-0.25, -0.2) is 0 Å². The first-order valence-electron chi connectivity index (χ1n) is 4.46. The van der Waals surface area contributed by atoms with Crippen LogP contribution in [-0.4, -0.2) is 44.8 Å². The molecule has 0 saturated carbocycles. The molecule has 0 fully saturated rings. The van der Waals surface area contributed by atoms with Gasteiger partial charge in [0.15, 0.2) is 0 Å². The molecule has 0 atom stereocenters. The zero-order chi connectivity index (χ0) is 11.0. The van der Waals surface area contributed by atoms with E-state index in [1.54, 1.807) is 0 Å². The summed E-state index contributed by atoms with van der Waals surface area (Å²) in [4.78, 5) is 4.53. The van der Waals surface area contributed by atoms with Crippen molar-refractivity contribution in [1.82, 2.24) is 9.80 Å². The molecule has 1 aliphatic rings. The van der Waals surface area contributed by atoms with Crippen molar-refractivity contribution in [3.8, 4) is 0 Å². The van der Waals surface area contributed by atoms with Gasteiger partial charge in [-0.15, -0.1) is 0 Å². The van der Waals surface area contributed by atoms with Gasteiger partial charge in [-0.05, 0) is 6.42 Å². The van der Waals surface area contributed by atoms with Gasteiger partial charge < -0.3 is 9.80 Å². The Bertz CT molecular complexity index is 164. The first kappa shape index (κ1) is 15.7. The number of halogens is 3. The van der Waals surface area contributed by atoms with Crippen LogP contribution in [0.15, 0.2) is 12.4 Å². The summed E-state index contributed by atoms with van der Waals surface area (Å²) < 4.78 is 0. The summed E-state index contributed by atoms with van der Waals surface area (Å²) in [6.07, 6.45) is 6.87. The maximum absolute atomic E-state index is 3.31. The van der Waals surface area contributed by atoms with Gasteiger partial charge in [-0.1, -0.05) is 13.3 Å². The van der Waals surface area contributed by atoms with Crippen molar-refractivity contribution in [2.45, 2.75) is 19.8 Å². The zero-order valence-electron chi connectivity index (χ0n) is 8.46.